The zero-order chi connectivity index (χ0) is 19.5. The molecule has 0 saturated carbocycles. The number of unbranched alkanes of at least 4 members (excludes halogenated alkanes) is 3. The molecule has 6 nitrogen and oxygen atoms in total. The minimum absolute atomic E-state index is 0.0853. The number of ether oxygens (including phenoxy) is 1. The van der Waals surface area contributed by atoms with Crippen LogP contribution in [0.3, 0.4) is 0 Å². The third-order valence-corrected chi connectivity index (χ3v) is 4.65. The minimum atomic E-state index is -0.192. The molecule has 0 aromatic heterocycles. The number of carbonyl (C=O) groups excluding carboxylic acids is 2. The fraction of sp³-hybridized carbons (Fsp3) is 0.550. The zero-order valence-corrected chi connectivity index (χ0v) is 16.7. The summed E-state index contributed by atoms with van der Waals surface area (Å²) >= 11 is 5.22. The van der Waals surface area contributed by atoms with E-state index in [1.165, 1.54) is 0 Å². The lowest BCUT2D eigenvalue weighted by Gasteiger charge is -2.15. The van der Waals surface area contributed by atoms with Crippen molar-refractivity contribution in [1.29, 1.82) is 0 Å². The molecular formula is C20H29N3O3S. The maximum Gasteiger partial charge on any atom is 0.253 e. The van der Waals surface area contributed by atoms with Gasteiger partial charge in [0.1, 0.15) is 0 Å². The van der Waals surface area contributed by atoms with E-state index in [-0.39, 0.29) is 23.0 Å². The molecule has 2 rings (SSSR count). The number of thiocarbonyl (C=S) groups is 1. The molecule has 0 aliphatic carbocycles. The number of nitrogens with one attached hydrogen (secondary N) is 3. The Hall–Kier alpha value is -1.99. The van der Waals surface area contributed by atoms with Gasteiger partial charge in [0.05, 0.1) is 17.4 Å². The molecule has 1 heterocycles. The van der Waals surface area contributed by atoms with Gasteiger partial charge in [-0.3, -0.25) is 9.59 Å². The average molecular weight is 392 g/mol. The van der Waals surface area contributed by atoms with E-state index >= 15 is 0 Å². The maximum atomic E-state index is 12.5. The molecule has 1 aromatic carbocycles. The highest BCUT2D eigenvalue weighted by molar-refractivity contribution is 7.80. The summed E-state index contributed by atoms with van der Waals surface area (Å²) in [4.78, 5) is 24.4. The second kappa shape index (κ2) is 11.7. The van der Waals surface area contributed by atoms with Gasteiger partial charge in [0.2, 0.25) is 5.91 Å². The average Bonchev–Trinajstić information content (AvgIpc) is 3.17. The van der Waals surface area contributed by atoms with Crippen LogP contribution in [0.25, 0.3) is 0 Å². The number of benzene rings is 1. The summed E-state index contributed by atoms with van der Waals surface area (Å²) < 4.78 is 5.53. The number of amides is 2. The Morgan fingerprint density at radius 1 is 1.22 bits per heavy atom. The largest absolute Gasteiger partial charge is 0.376 e. The predicted molar refractivity (Wildman–Crippen MR) is 111 cm³/mol. The first-order valence-electron chi connectivity index (χ1n) is 9.69. The number of hydrogen-bond donors (Lipinski definition) is 3. The third-order valence-electron chi connectivity index (χ3n) is 4.44. The van der Waals surface area contributed by atoms with Crippen molar-refractivity contribution < 1.29 is 14.3 Å². The van der Waals surface area contributed by atoms with Gasteiger partial charge in [0, 0.05) is 19.6 Å². The summed E-state index contributed by atoms with van der Waals surface area (Å²) in [7, 11) is 0. The van der Waals surface area contributed by atoms with Crippen LogP contribution in [0.5, 0.6) is 0 Å². The van der Waals surface area contributed by atoms with Gasteiger partial charge in [0.25, 0.3) is 5.91 Å². The lowest BCUT2D eigenvalue weighted by Crippen LogP contribution is -2.35. The van der Waals surface area contributed by atoms with Gasteiger partial charge < -0.3 is 20.7 Å². The maximum absolute atomic E-state index is 12.5. The van der Waals surface area contributed by atoms with E-state index in [2.05, 4.69) is 22.9 Å². The standard InChI is InChI=1S/C20H29N3O3S/c1-2-3-4-5-12-18(24)23-20(27)22-17-11-7-6-10-16(17)19(25)21-14-15-9-8-13-26-15/h6-7,10-11,15H,2-5,8-9,12-14H2,1H3,(H,21,25)(H2,22,23,24,27). The molecule has 0 radical (unpaired) electrons. The number of anilines is 1. The molecule has 1 fully saturated rings. The van der Waals surface area contributed by atoms with Crippen molar-refractivity contribution in [2.24, 2.45) is 0 Å². The van der Waals surface area contributed by atoms with Gasteiger partial charge in [-0.1, -0.05) is 38.3 Å². The molecule has 1 aliphatic heterocycles. The second-order valence-electron chi connectivity index (χ2n) is 6.70. The summed E-state index contributed by atoms with van der Waals surface area (Å²) in [6.45, 7) is 3.38. The van der Waals surface area contributed by atoms with Crippen LogP contribution < -0.4 is 16.0 Å². The smallest absolute Gasteiger partial charge is 0.253 e. The van der Waals surface area contributed by atoms with Crippen molar-refractivity contribution >= 4 is 34.8 Å². The summed E-state index contributed by atoms with van der Waals surface area (Å²) in [6, 6.07) is 7.10. The van der Waals surface area contributed by atoms with Crippen LogP contribution >= 0.6 is 12.2 Å². The highest BCUT2D eigenvalue weighted by atomic mass is 32.1. The van der Waals surface area contributed by atoms with Crippen molar-refractivity contribution in [2.75, 3.05) is 18.5 Å². The normalized spacial score (nSPS) is 16.0. The van der Waals surface area contributed by atoms with Crippen LogP contribution in [0.4, 0.5) is 5.69 Å². The van der Waals surface area contributed by atoms with Crippen LogP contribution in [0.2, 0.25) is 0 Å². The van der Waals surface area contributed by atoms with E-state index in [1.807, 2.05) is 6.07 Å². The molecule has 3 N–H and O–H groups in total. The van der Waals surface area contributed by atoms with Crippen molar-refractivity contribution in [3.63, 3.8) is 0 Å². The van der Waals surface area contributed by atoms with E-state index < -0.39 is 0 Å². The van der Waals surface area contributed by atoms with E-state index in [0.29, 0.717) is 24.2 Å². The molecule has 1 atom stereocenters. The number of rotatable bonds is 9. The van der Waals surface area contributed by atoms with Gasteiger partial charge >= 0.3 is 0 Å². The molecular weight excluding hydrogens is 362 g/mol. The van der Waals surface area contributed by atoms with E-state index in [0.717, 1.165) is 45.1 Å². The third kappa shape index (κ3) is 7.64. The van der Waals surface area contributed by atoms with Gasteiger partial charge in [0.15, 0.2) is 5.11 Å². The van der Waals surface area contributed by atoms with Crippen molar-refractivity contribution in [3.8, 4) is 0 Å². The molecule has 27 heavy (non-hydrogen) atoms. The molecule has 1 aliphatic rings. The van der Waals surface area contributed by atoms with Gasteiger partial charge in [-0.05, 0) is 43.6 Å². The fourth-order valence-corrected chi connectivity index (χ4v) is 3.18. The van der Waals surface area contributed by atoms with Crippen LogP contribution in [0.15, 0.2) is 24.3 Å². The summed E-state index contributed by atoms with van der Waals surface area (Å²) in [6.07, 6.45) is 6.69. The first kappa shape index (κ1) is 21.3. The Morgan fingerprint density at radius 2 is 2.04 bits per heavy atom. The molecule has 0 spiro atoms. The molecule has 2 amide bonds. The topological polar surface area (TPSA) is 79.5 Å². The minimum Gasteiger partial charge on any atom is -0.376 e. The molecule has 7 heteroatoms. The fourth-order valence-electron chi connectivity index (χ4n) is 2.95. The predicted octanol–water partition coefficient (Wildman–Crippen LogP) is 3.38. The quantitative estimate of drug-likeness (QED) is 0.444. The number of para-hydroxylation sites is 1. The number of carbonyl (C=O) groups is 2. The van der Waals surface area contributed by atoms with Crippen LogP contribution in [-0.4, -0.2) is 36.2 Å². The summed E-state index contributed by atoms with van der Waals surface area (Å²) in [5.41, 5.74) is 1.05. The van der Waals surface area contributed by atoms with Crippen LogP contribution in [-0.2, 0) is 9.53 Å². The van der Waals surface area contributed by atoms with Crippen LogP contribution in [0.1, 0.15) is 62.2 Å². The Kier molecular flexibility index (Phi) is 9.21. The lowest BCUT2D eigenvalue weighted by atomic mass is 10.1. The highest BCUT2D eigenvalue weighted by Crippen LogP contribution is 2.16. The van der Waals surface area contributed by atoms with Gasteiger partial charge in [-0.25, -0.2) is 0 Å². The molecule has 1 unspecified atom stereocenters. The molecule has 1 saturated heterocycles. The zero-order valence-electron chi connectivity index (χ0n) is 15.9. The second-order valence-corrected chi connectivity index (χ2v) is 7.11. The SMILES string of the molecule is CCCCCCC(=O)NC(=S)Nc1ccccc1C(=O)NCC1CCCO1. The Labute approximate surface area is 166 Å². The number of hydrogen-bond acceptors (Lipinski definition) is 4. The molecule has 1 aromatic rings. The Balaban J connectivity index is 1.83. The summed E-state index contributed by atoms with van der Waals surface area (Å²) in [5.74, 6) is -0.300. The first-order chi connectivity index (χ1) is 13.1. The molecule has 0 bridgehead atoms. The molecule has 148 valence electrons. The van der Waals surface area contributed by atoms with E-state index in [9.17, 15) is 9.59 Å². The van der Waals surface area contributed by atoms with Gasteiger partial charge in [-0.15, -0.1) is 0 Å². The highest BCUT2D eigenvalue weighted by Gasteiger charge is 2.18. The lowest BCUT2D eigenvalue weighted by molar-refractivity contribution is -0.119. The van der Waals surface area contributed by atoms with Crippen LogP contribution in [0, 0.1) is 0 Å². The van der Waals surface area contributed by atoms with E-state index in [1.54, 1.807) is 18.2 Å². The monoisotopic (exact) mass is 391 g/mol. The van der Waals surface area contributed by atoms with Crippen molar-refractivity contribution in [3.05, 3.63) is 29.8 Å². The van der Waals surface area contributed by atoms with Crippen molar-refractivity contribution in [1.82, 2.24) is 10.6 Å². The first-order valence-corrected chi connectivity index (χ1v) is 10.1. The Morgan fingerprint density at radius 3 is 2.78 bits per heavy atom. The summed E-state index contributed by atoms with van der Waals surface area (Å²) in [5, 5.41) is 8.74. The van der Waals surface area contributed by atoms with Gasteiger partial charge in [-0.2, -0.15) is 0 Å². The van der Waals surface area contributed by atoms with Crippen molar-refractivity contribution in [2.45, 2.75) is 58.0 Å². The Bertz CT molecular complexity index is 645. The van der Waals surface area contributed by atoms with E-state index in [4.69, 9.17) is 17.0 Å².